The maximum Gasteiger partial charge on any atom is 0.119 e. The molecule has 0 spiro atoms. The van der Waals surface area contributed by atoms with Gasteiger partial charge in [-0.25, -0.2) is 0 Å². The molecule has 1 unspecified atom stereocenters. The average Bonchev–Trinajstić information content (AvgIpc) is 2.48. The lowest BCUT2D eigenvalue weighted by atomic mass is 10.1. The lowest BCUT2D eigenvalue weighted by molar-refractivity contribution is 0.273. The molecule has 1 aromatic carbocycles. The van der Waals surface area contributed by atoms with E-state index in [1.165, 1.54) is 5.56 Å². The molecule has 2 N–H and O–H groups in total. The van der Waals surface area contributed by atoms with E-state index in [4.69, 9.17) is 9.84 Å². The molecule has 1 rings (SSSR count). The zero-order valence-electron chi connectivity index (χ0n) is 12.9. The third kappa shape index (κ3) is 6.92. The number of benzene rings is 1. The molecule has 3 heteroatoms. The van der Waals surface area contributed by atoms with Crippen molar-refractivity contribution in [2.45, 2.75) is 52.0 Å². The van der Waals surface area contributed by atoms with Gasteiger partial charge in [-0.15, -0.1) is 0 Å². The fourth-order valence-electron chi connectivity index (χ4n) is 2.11. The van der Waals surface area contributed by atoms with Crippen LogP contribution in [0.4, 0.5) is 0 Å². The molecule has 0 fully saturated rings. The highest BCUT2D eigenvalue weighted by molar-refractivity contribution is 5.30. The van der Waals surface area contributed by atoms with Gasteiger partial charge < -0.3 is 15.2 Å². The molecule has 1 aromatic rings. The van der Waals surface area contributed by atoms with Gasteiger partial charge in [0.05, 0.1) is 6.61 Å². The van der Waals surface area contributed by atoms with Crippen molar-refractivity contribution in [1.82, 2.24) is 5.32 Å². The van der Waals surface area contributed by atoms with Gasteiger partial charge >= 0.3 is 0 Å². The minimum absolute atomic E-state index is 0.297. The molecular formula is C17H29NO2. The van der Waals surface area contributed by atoms with Crippen LogP contribution in [0.15, 0.2) is 24.3 Å². The molecule has 0 heterocycles. The van der Waals surface area contributed by atoms with Crippen molar-refractivity contribution in [3.05, 3.63) is 29.8 Å². The summed E-state index contributed by atoms with van der Waals surface area (Å²) in [4.78, 5) is 0. The van der Waals surface area contributed by atoms with Crippen molar-refractivity contribution in [3.63, 3.8) is 0 Å². The highest BCUT2D eigenvalue weighted by Gasteiger charge is 2.05. The van der Waals surface area contributed by atoms with Crippen LogP contribution in [0.25, 0.3) is 0 Å². The van der Waals surface area contributed by atoms with Crippen LogP contribution in [-0.4, -0.2) is 24.9 Å². The average molecular weight is 279 g/mol. The number of aliphatic hydroxyl groups is 1. The van der Waals surface area contributed by atoms with Gasteiger partial charge in [-0.05, 0) is 56.8 Å². The van der Waals surface area contributed by atoms with E-state index in [0.29, 0.717) is 12.6 Å². The predicted octanol–water partition coefficient (Wildman–Crippen LogP) is 3.68. The Hall–Kier alpha value is -1.06. The van der Waals surface area contributed by atoms with Gasteiger partial charge in [0.2, 0.25) is 0 Å². The quantitative estimate of drug-likeness (QED) is 0.607. The van der Waals surface area contributed by atoms with Gasteiger partial charge in [0, 0.05) is 12.6 Å². The summed E-state index contributed by atoms with van der Waals surface area (Å²) in [6.07, 6.45) is 5.30. The maximum absolute atomic E-state index is 8.71. The molecular weight excluding hydrogens is 250 g/mol. The van der Waals surface area contributed by atoms with Crippen molar-refractivity contribution < 1.29 is 9.84 Å². The Balaban J connectivity index is 2.32. The monoisotopic (exact) mass is 279 g/mol. The molecule has 3 nitrogen and oxygen atoms in total. The molecule has 0 radical (unpaired) electrons. The normalized spacial score (nSPS) is 12.3. The van der Waals surface area contributed by atoms with Crippen LogP contribution in [0.2, 0.25) is 0 Å². The summed E-state index contributed by atoms with van der Waals surface area (Å²) in [5.74, 6) is 0.954. The van der Waals surface area contributed by atoms with Crippen LogP contribution < -0.4 is 10.1 Å². The van der Waals surface area contributed by atoms with E-state index in [2.05, 4.69) is 37.4 Å². The second kappa shape index (κ2) is 10.7. The number of aliphatic hydroxyl groups excluding tert-OH is 1. The van der Waals surface area contributed by atoms with E-state index in [1.807, 2.05) is 6.07 Å². The predicted molar refractivity (Wildman–Crippen MR) is 84.2 cm³/mol. The maximum atomic E-state index is 8.71. The number of nitrogens with one attached hydrogen (secondary N) is 1. The van der Waals surface area contributed by atoms with Gasteiger partial charge in [0.15, 0.2) is 0 Å². The van der Waals surface area contributed by atoms with Gasteiger partial charge in [0.1, 0.15) is 5.75 Å². The zero-order valence-corrected chi connectivity index (χ0v) is 12.9. The molecule has 0 bridgehead atoms. The van der Waals surface area contributed by atoms with E-state index < -0.39 is 0 Å². The van der Waals surface area contributed by atoms with Gasteiger partial charge in [-0.1, -0.05) is 25.5 Å². The van der Waals surface area contributed by atoms with Crippen molar-refractivity contribution >= 4 is 0 Å². The molecule has 1 atom stereocenters. The smallest absolute Gasteiger partial charge is 0.119 e. The largest absolute Gasteiger partial charge is 0.494 e. The van der Waals surface area contributed by atoms with Crippen molar-refractivity contribution in [2.24, 2.45) is 0 Å². The third-order valence-corrected chi connectivity index (χ3v) is 3.38. The molecule has 0 aromatic heterocycles. The minimum Gasteiger partial charge on any atom is -0.494 e. The summed E-state index contributed by atoms with van der Waals surface area (Å²) < 4.78 is 5.79. The lowest BCUT2D eigenvalue weighted by Crippen LogP contribution is -2.19. The standard InChI is InChI=1S/C17H29NO2/c1-3-11-18-15(2)16-9-8-10-17(14-16)20-13-7-5-4-6-12-19/h8-10,14-15,18-19H,3-7,11-13H2,1-2H3. The first kappa shape index (κ1) is 17.0. The highest BCUT2D eigenvalue weighted by Crippen LogP contribution is 2.19. The van der Waals surface area contributed by atoms with E-state index >= 15 is 0 Å². The molecule has 0 amide bonds. The Morgan fingerprint density at radius 2 is 2.00 bits per heavy atom. The molecule has 20 heavy (non-hydrogen) atoms. The van der Waals surface area contributed by atoms with Gasteiger partial charge in [-0.2, -0.15) is 0 Å². The van der Waals surface area contributed by atoms with Crippen molar-refractivity contribution in [3.8, 4) is 5.75 Å². The van der Waals surface area contributed by atoms with Crippen LogP contribution in [0.1, 0.15) is 57.6 Å². The van der Waals surface area contributed by atoms with E-state index in [0.717, 1.165) is 51.0 Å². The topological polar surface area (TPSA) is 41.5 Å². The number of rotatable bonds is 11. The number of unbranched alkanes of at least 4 members (excludes halogenated alkanes) is 3. The molecule has 0 saturated heterocycles. The first-order valence-electron chi connectivity index (χ1n) is 7.85. The van der Waals surface area contributed by atoms with Crippen molar-refractivity contribution in [2.75, 3.05) is 19.8 Å². The fourth-order valence-corrected chi connectivity index (χ4v) is 2.11. The summed E-state index contributed by atoms with van der Waals surface area (Å²) in [7, 11) is 0. The second-order valence-corrected chi connectivity index (χ2v) is 5.23. The van der Waals surface area contributed by atoms with Gasteiger partial charge in [-0.3, -0.25) is 0 Å². The number of hydrogen-bond acceptors (Lipinski definition) is 3. The Bertz CT molecular complexity index is 355. The second-order valence-electron chi connectivity index (χ2n) is 5.23. The van der Waals surface area contributed by atoms with Crippen LogP contribution in [0, 0.1) is 0 Å². The first-order chi connectivity index (χ1) is 9.77. The number of hydrogen-bond donors (Lipinski definition) is 2. The Morgan fingerprint density at radius 1 is 1.20 bits per heavy atom. The minimum atomic E-state index is 0.297. The van der Waals surface area contributed by atoms with E-state index in [9.17, 15) is 0 Å². The molecule has 0 aliphatic carbocycles. The van der Waals surface area contributed by atoms with E-state index in [-0.39, 0.29) is 0 Å². The number of ether oxygens (including phenoxy) is 1. The zero-order chi connectivity index (χ0) is 14.6. The van der Waals surface area contributed by atoms with Crippen LogP contribution in [-0.2, 0) is 0 Å². The summed E-state index contributed by atoms with van der Waals surface area (Å²) in [5.41, 5.74) is 1.27. The molecule has 0 aliphatic heterocycles. The fraction of sp³-hybridized carbons (Fsp3) is 0.647. The van der Waals surface area contributed by atoms with Crippen molar-refractivity contribution in [1.29, 1.82) is 0 Å². The van der Waals surface area contributed by atoms with Crippen LogP contribution in [0.5, 0.6) is 5.75 Å². The SMILES string of the molecule is CCCNC(C)c1cccc(OCCCCCCO)c1. The van der Waals surface area contributed by atoms with Crippen LogP contribution >= 0.6 is 0 Å². The summed E-state index contributed by atoms with van der Waals surface area (Å²) in [6.45, 7) is 6.45. The molecule has 114 valence electrons. The Kier molecular flexibility index (Phi) is 9.09. The highest BCUT2D eigenvalue weighted by atomic mass is 16.5. The molecule has 0 saturated carbocycles. The summed E-state index contributed by atoms with van der Waals surface area (Å²) in [6, 6.07) is 8.70. The lowest BCUT2D eigenvalue weighted by Gasteiger charge is -2.15. The molecule has 0 aliphatic rings. The van der Waals surface area contributed by atoms with Crippen LogP contribution in [0.3, 0.4) is 0 Å². The summed E-state index contributed by atoms with van der Waals surface area (Å²) >= 11 is 0. The Labute approximate surface area is 123 Å². The Morgan fingerprint density at radius 3 is 2.75 bits per heavy atom. The summed E-state index contributed by atoms with van der Waals surface area (Å²) in [5, 5.41) is 12.2. The van der Waals surface area contributed by atoms with Gasteiger partial charge in [0.25, 0.3) is 0 Å². The first-order valence-corrected chi connectivity index (χ1v) is 7.85. The van der Waals surface area contributed by atoms with E-state index in [1.54, 1.807) is 0 Å². The third-order valence-electron chi connectivity index (χ3n) is 3.38.